The van der Waals surface area contributed by atoms with Gasteiger partial charge in [0.2, 0.25) is 0 Å². The van der Waals surface area contributed by atoms with E-state index in [1.807, 2.05) is 56.0 Å². The summed E-state index contributed by atoms with van der Waals surface area (Å²) < 4.78 is 43.7. The Kier molecular flexibility index (Phi) is 7.89. The highest BCUT2D eigenvalue weighted by molar-refractivity contribution is 6.00. The molecule has 11 heteroatoms. The molecule has 4 aliphatic rings. The molecule has 2 aromatic carbocycles. The second-order valence-electron chi connectivity index (χ2n) is 15.2. The lowest BCUT2D eigenvalue weighted by molar-refractivity contribution is 0.0122. The number of benzene rings is 2. The number of amides is 1. The molecule has 0 aliphatic carbocycles. The van der Waals surface area contributed by atoms with Crippen LogP contribution in [0.4, 0.5) is 19.4 Å². The number of halogens is 2. The number of rotatable bonds is 6. The number of pyridine rings is 1. The average Bonchev–Trinajstić information content (AvgIpc) is 3.69. The molecular weight excluding hydrogens is 626 g/mol. The van der Waals surface area contributed by atoms with Crippen LogP contribution in [-0.4, -0.2) is 93.0 Å². The maximum absolute atomic E-state index is 17.0. The Balaban J connectivity index is 1.20. The number of hydrogen-bond acceptors (Lipinski definition) is 8. The summed E-state index contributed by atoms with van der Waals surface area (Å²) in [5.74, 6) is -0.00784. The second kappa shape index (κ2) is 12.0. The van der Waals surface area contributed by atoms with Crippen molar-refractivity contribution in [2.45, 2.75) is 95.6 Å². The highest BCUT2D eigenvalue weighted by atomic mass is 19.1. The first kappa shape index (κ1) is 32.1. The van der Waals surface area contributed by atoms with Gasteiger partial charge in [-0.2, -0.15) is 9.97 Å². The van der Waals surface area contributed by atoms with Crippen LogP contribution in [0, 0.1) is 5.82 Å². The predicted molar refractivity (Wildman–Crippen MR) is 185 cm³/mol. The number of carbonyl (C=O) groups is 1. The van der Waals surface area contributed by atoms with Crippen LogP contribution >= 0.6 is 0 Å². The van der Waals surface area contributed by atoms with Crippen molar-refractivity contribution in [3.8, 4) is 17.3 Å². The highest BCUT2D eigenvalue weighted by Crippen LogP contribution is 2.42. The molecule has 258 valence electrons. The third-order valence-corrected chi connectivity index (χ3v) is 10.9. The SMILES string of the molecule is CCc1cccc2cccc(-c3ncc4c(N5CC6CCC(C5)N6C(=O)OC(C)(C)C)nc(OC[C@@]56CCCN5C[C@H](F)C6)nc4c3F)c12. The van der Waals surface area contributed by atoms with Gasteiger partial charge in [0, 0.05) is 37.8 Å². The molecule has 0 spiro atoms. The van der Waals surface area contributed by atoms with Gasteiger partial charge in [-0.3, -0.25) is 14.8 Å². The van der Waals surface area contributed by atoms with Gasteiger partial charge >= 0.3 is 12.1 Å². The molecule has 1 amide bonds. The number of fused-ring (bicyclic) bond motifs is 5. The standard InChI is InChI=1S/C38H44F2N6O3/c1-5-23-9-6-10-24-11-7-12-28(30(23)24)32-31(40)33-29(18-41-32)34(43-35(42-33)48-22-38-15-8-16-45(38)19-25(39)17-38)44-20-26-13-14-27(21-44)46(26)36(47)49-37(2,3)4/h6-7,9-12,18,25-27H,5,8,13-17,19-22H2,1-4H3/t25-,26?,27?,38+/m1/s1. The van der Waals surface area contributed by atoms with Crippen LogP contribution in [0.3, 0.4) is 0 Å². The molecule has 4 saturated heterocycles. The van der Waals surface area contributed by atoms with Crippen molar-refractivity contribution in [3.63, 3.8) is 0 Å². The van der Waals surface area contributed by atoms with Gasteiger partial charge in [0.25, 0.3) is 0 Å². The van der Waals surface area contributed by atoms with Gasteiger partial charge in [-0.1, -0.05) is 43.3 Å². The fraction of sp³-hybridized carbons (Fsp3) is 0.526. The highest BCUT2D eigenvalue weighted by Gasteiger charge is 2.50. The lowest BCUT2D eigenvalue weighted by Crippen LogP contribution is -2.57. The first-order valence-electron chi connectivity index (χ1n) is 17.7. The topological polar surface area (TPSA) is 83.9 Å². The summed E-state index contributed by atoms with van der Waals surface area (Å²) in [5, 5.41) is 2.48. The van der Waals surface area contributed by atoms with Crippen LogP contribution in [0.15, 0.2) is 42.6 Å². The maximum atomic E-state index is 17.0. The van der Waals surface area contributed by atoms with E-state index in [2.05, 4.69) is 22.8 Å². The number of piperazine rings is 1. The molecule has 0 radical (unpaired) electrons. The maximum Gasteiger partial charge on any atom is 0.410 e. The molecular formula is C38H44F2N6O3. The van der Waals surface area contributed by atoms with E-state index >= 15 is 4.39 Å². The number of nitrogens with zero attached hydrogens (tertiary/aromatic N) is 6. The monoisotopic (exact) mass is 670 g/mol. The third-order valence-electron chi connectivity index (χ3n) is 10.9. The minimum absolute atomic E-state index is 0.0659. The second-order valence-corrected chi connectivity index (χ2v) is 15.2. The Morgan fingerprint density at radius 2 is 1.82 bits per heavy atom. The Labute approximate surface area is 285 Å². The van der Waals surface area contributed by atoms with Crippen LogP contribution in [0.1, 0.15) is 65.4 Å². The lowest BCUT2D eigenvalue weighted by atomic mass is 9.95. The molecule has 4 aliphatic heterocycles. The number of anilines is 1. The smallest absolute Gasteiger partial charge is 0.410 e. The third kappa shape index (κ3) is 5.63. The van der Waals surface area contributed by atoms with Crippen molar-refractivity contribution in [1.29, 1.82) is 0 Å². The predicted octanol–water partition coefficient (Wildman–Crippen LogP) is 7.09. The van der Waals surface area contributed by atoms with E-state index in [9.17, 15) is 9.18 Å². The molecule has 4 atom stereocenters. The van der Waals surface area contributed by atoms with E-state index in [1.54, 1.807) is 6.20 Å². The Morgan fingerprint density at radius 3 is 2.55 bits per heavy atom. The number of alkyl halides is 1. The van der Waals surface area contributed by atoms with Gasteiger partial charge < -0.3 is 14.4 Å². The minimum Gasteiger partial charge on any atom is -0.461 e. The summed E-state index contributed by atoms with van der Waals surface area (Å²) in [6, 6.07) is 11.9. The quantitative estimate of drug-likeness (QED) is 0.215. The van der Waals surface area contributed by atoms with Crippen molar-refractivity contribution in [1.82, 2.24) is 24.8 Å². The number of aromatic nitrogens is 3. The zero-order valence-electron chi connectivity index (χ0n) is 28.7. The van der Waals surface area contributed by atoms with E-state index in [1.165, 1.54) is 0 Å². The largest absolute Gasteiger partial charge is 0.461 e. The molecule has 6 heterocycles. The first-order valence-corrected chi connectivity index (χ1v) is 17.7. The average molecular weight is 671 g/mol. The van der Waals surface area contributed by atoms with Gasteiger partial charge in [0.1, 0.15) is 35.4 Å². The van der Waals surface area contributed by atoms with Crippen LogP contribution in [0.2, 0.25) is 0 Å². The summed E-state index contributed by atoms with van der Waals surface area (Å²) in [5.41, 5.74) is 1.18. The van der Waals surface area contributed by atoms with Crippen molar-refractivity contribution >= 4 is 33.6 Å². The van der Waals surface area contributed by atoms with Gasteiger partial charge in [0.05, 0.1) is 23.0 Å². The number of aryl methyl sites for hydroxylation is 1. The van der Waals surface area contributed by atoms with Gasteiger partial charge in [0.15, 0.2) is 5.82 Å². The molecule has 2 unspecified atom stereocenters. The van der Waals surface area contributed by atoms with Crippen LogP contribution < -0.4 is 9.64 Å². The Morgan fingerprint density at radius 1 is 1.06 bits per heavy atom. The summed E-state index contributed by atoms with van der Waals surface area (Å²) in [7, 11) is 0. The van der Waals surface area contributed by atoms with Crippen molar-refractivity contribution < 1.29 is 23.0 Å². The summed E-state index contributed by atoms with van der Waals surface area (Å²) in [6.07, 6.45) is 5.18. The summed E-state index contributed by atoms with van der Waals surface area (Å²) in [6.45, 7) is 10.2. The molecule has 9 nitrogen and oxygen atoms in total. The molecule has 8 rings (SSSR count). The van der Waals surface area contributed by atoms with E-state index in [0.29, 0.717) is 42.8 Å². The van der Waals surface area contributed by atoms with Crippen LogP contribution in [0.25, 0.3) is 32.9 Å². The van der Waals surface area contributed by atoms with E-state index in [4.69, 9.17) is 24.4 Å². The van der Waals surface area contributed by atoms with Gasteiger partial charge in [-0.15, -0.1) is 0 Å². The van der Waals surface area contributed by atoms with Gasteiger partial charge in [-0.25, -0.2) is 13.6 Å². The molecule has 4 fully saturated rings. The van der Waals surface area contributed by atoms with E-state index in [0.717, 1.165) is 55.0 Å². The molecule has 4 aromatic rings. The zero-order chi connectivity index (χ0) is 34.1. The number of hydrogen-bond donors (Lipinski definition) is 0. The first-order chi connectivity index (χ1) is 23.5. The van der Waals surface area contributed by atoms with Crippen LogP contribution in [-0.2, 0) is 11.2 Å². The van der Waals surface area contributed by atoms with Crippen molar-refractivity contribution in [2.24, 2.45) is 0 Å². The molecule has 0 N–H and O–H groups in total. The Hall–Kier alpha value is -4.12. The molecule has 2 aromatic heterocycles. The molecule has 2 bridgehead atoms. The Bertz CT molecular complexity index is 1910. The zero-order valence-corrected chi connectivity index (χ0v) is 28.7. The summed E-state index contributed by atoms with van der Waals surface area (Å²) in [4.78, 5) is 33.7. The van der Waals surface area contributed by atoms with Gasteiger partial charge in [-0.05, 0) is 75.8 Å². The number of carbonyl (C=O) groups excluding carboxylic acids is 1. The summed E-state index contributed by atoms with van der Waals surface area (Å²) >= 11 is 0. The molecule has 49 heavy (non-hydrogen) atoms. The van der Waals surface area contributed by atoms with Crippen molar-refractivity contribution in [2.75, 3.05) is 37.7 Å². The fourth-order valence-corrected chi connectivity index (χ4v) is 8.76. The lowest BCUT2D eigenvalue weighted by Gasteiger charge is -2.42. The van der Waals surface area contributed by atoms with Crippen LogP contribution in [0.5, 0.6) is 6.01 Å². The fourth-order valence-electron chi connectivity index (χ4n) is 8.76. The van der Waals surface area contributed by atoms with E-state index < -0.39 is 23.1 Å². The number of ether oxygens (including phenoxy) is 2. The normalized spacial score (nSPS) is 25.4. The molecule has 0 saturated carbocycles. The van der Waals surface area contributed by atoms with Crippen molar-refractivity contribution in [3.05, 3.63) is 54.0 Å². The van der Waals surface area contributed by atoms with E-state index in [-0.39, 0.29) is 42.0 Å². The minimum atomic E-state index is -0.895.